The van der Waals surface area contributed by atoms with Gasteiger partial charge >= 0.3 is 0 Å². The van der Waals surface area contributed by atoms with Gasteiger partial charge in [-0.2, -0.15) is 0 Å². The molecule has 0 aliphatic carbocycles. The summed E-state index contributed by atoms with van der Waals surface area (Å²) in [5.74, 6) is -1.46. The highest BCUT2D eigenvalue weighted by molar-refractivity contribution is 5.94. The zero-order valence-corrected chi connectivity index (χ0v) is 17.4. The number of halogens is 3. The van der Waals surface area contributed by atoms with Gasteiger partial charge in [0, 0.05) is 43.9 Å². The molecule has 1 aliphatic heterocycles. The van der Waals surface area contributed by atoms with Gasteiger partial charge in [0.15, 0.2) is 11.6 Å². The van der Waals surface area contributed by atoms with Crippen LogP contribution in [0.3, 0.4) is 0 Å². The largest absolute Gasteiger partial charge is 0.489 e. The van der Waals surface area contributed by atoms with Crippen LogP contribution in [-0.4, -0.2) is 41.9 Å². The van der Waals surface area contributed by atoms with Crippen LogP contribution in [0.4, 0.5) is 13.2 Å². The molecule has 3 aromatic rings. The number of carbonyl (C=O) groups excluding carboxylic acids is 1. The van der Waals surface area contributed by atoms with Crippen molar-refractivity contribution in [2.24, 2.45) is 0 Å². The molecule has 1 fully saturated rings. The van der Waals surface area contributed by atoms with Gasteiger partial charge in [-0.15, -0.1) is 0 Å². The van der Waals surface area contributed by atoms with Crippen molar-refractivity contribution in [3.63, 3.8) is 0 Å². The Hall–Kier alpha value is -3.32. The number of hydrogen-bond donors (Lipinski definition) is 0. The number of piperazine rings is 1. The van der Waals surface area contributed by atoms with Gasteiger partial charge in [-0.25, -0.2) is 13.2 Å². The van der Waals surface area contributed by atoms with E-state index in [1.165, 1.54) is 18.2 Å². The maximum Gasteiger partial charge on any atom is 0.253 e. The molecular weight excluding hydrogens is 417 g/mol. The number of carbonyl (C=O) groups is 1. The van der Waals surface area contributed by atoms with E-state index in [0.29, 0.717) is 56.2 Å². The predicted molar refractivity (Wildman–Crippen MR) is 115 cm³/mol. The first-order valence-electron chi connectivity index (χ1n) is 10.4. The van der Waals surface area contributed by atoms with E-state index >= 15 is 0 Å². The summed E-state index contributed by atoms with van der Waals surface area (Å²) in [7, 11) is 0. The number of benzene rings is 3. The van der Waals surface area contributed by atoms with Crippen LogP contribution in [0.15, 0.2) is 66.7 Å². The molecule has 7 heteroatoms. The summed E-state index contributed by atoms with van der Waals surface area (Å²) in [5.41, 5.74) is 1.80. The van der Waals surface area contributed by atoms with Crippen LogP contribution in [0.5, 0.6) is 5.75 Å². The molecule has 0 N–H and O–H groups in total. The van der Waals surface area contributed by atoms with Gasteiger partial charge in [-0.3, -0.25) is 9.69 Å². The first kappa shape index (κ1) is 21.9. The van der Waals surface area contributed by atoms with Crippen LogP contribution in [0, 0.1) is 17.5 Å². The van der Waals surface area contributed by atoms with Crippen LogP contribution in [0.1, 0.15) is 21.5 Å². The molecule has 0 saturated carbocycles. The van der Waals surface area contributed by atoms with E-state index in [4.69, 9.17) is 4.74 Å². The molecule has 0 radical (unpaired) electrons. The lowest BCUT2D eigenvalue weighted by molar-refractivity contribution is 0.0627. The number of ether oxygens (including phenoxy) is 1. The van der Waals surface area contributed by atoms with E-state index in [1.54, 1.807) is 35.2 Å². The molecule has 1 amide bonds. The Morgan fingerprint density at radius 2 is 1.53 bits per heavy atom. The topological polar surface area (TPSA) is 32.8 Å². The van der Waals surface area contributed by atoms with E-state index in [-0.39, 0.29) is 11.7 Å². The average molecular weight is 440 g/mol. The highest BCUT2D eigenvalue weighted by atomic mass is 19.2. The fourth-order valence-corrected chi connectivity index (χ4v) is 3.64. The van der Waals surface area contributed by atoms with Crippen molar-refractivity contribution in [1.29, 1.82) is 0 Å². The molecule has 1 heterocycles. The van der Waals surface area contributed by atoms with Crippen molar-refractivity contribution in [2.75, 3.05) is 26.2 Å². The van der Waals surface area contributed by atoms with Crippen LogP contribution < -0.4 is 4.74 Å². The molecule has 0 spiro atoms. The highest BCUT2D eigenvalue weighted by Gasteiger charge is 2.23. The van der Waals surface area contributed by atoms with Gasteiger partial charge in [-0.1, -0.05) is 24.3 Å². The molecular formula is C25H23F3N2O2. The van der Waals surface area contributed by atoms with Crippen LogP contribution in [0.2, 0.25) is 0 Å². The Labute approximate surface area is 184 Å². The second kappa shape index (κ2) is 9.87. The standard InChI is InChI=1S/C25H23F3N2O2/c26-21-8-10-22(11-9-21)32-17-18-4-6-19(7-5-18)25(31)30-14-12-29(13-15-30)16-20-2-1-3-23(27)24(20)28/h1-11H,12-17H2. The van der Waals surface area contributed by atoms with Crippen LogP contribution in [0.25, 0.3) is 0 Å². The zero-order valence-electron chi connectivity index (χ0n) is 17.4. The number of rotatable bonds is 6. The lowest BCUT2D eigenvalue weighted by atomic mass is 10.1. The fraction of sp³-hybridized carbons (Fsp3) is 0.240. The first-order chi connectivity index (χ1) is 15.5. The summed E-state index contributed by atoms with van der Waals surface area (Å²) in [6.07, 6.45) is 0. The van der Waals surface area contributed by atoms with Crippen molar-refractivity contribution in [3.05, 3.63) is 101 Å². The third-order valence-corrected chi connectivity index (χ3v) is 5.51. The van der Waals surface area contributed by atoms with Gasteiger partial charge in [0.05, 0.1) is 0 Å². The maximum absolute atomic E-state index is 13.9. The molecule has 0 bridgehead atoms. The van der Waals surface area contributed by atoms with Crippen molar-refractivity contribution in [1.82, 2.24) is 9.80 Å². The molecule has 0 aromatic heterocycles. The minimum Gasteiger partial charge on any atom is -0.489 e. The van der Waals surface area contributed by atoms with E-state index < -0.39 is 11.6 Å². The Balaban J connectivity index is 1.28. The van der Waals surface area contributed by atoms with Crippen molar-refractivity contribution in [3.8, 4) is 5.75 Å². The lowest BCUT2D eigenvalue weighted by Gasteiger charge is -2.34. The quantitative estimate of drug-likeness (QED) is 0.560. The van der Waals surface area contributed by atoms with Gasteiger partial charge in [-0.05, 0) is 48.0 Å². The van der Waals surface area contributed by atoms with E-state index in [9.17, 15) is 18.0 Å². The lowest BCUT2D eigenvalue weighted by Crippen LogP contribution is -2.48. The molecule has 1 aliphatic rings. The normalized spacial score (nSPS) is 14.4. The Morgan fingerprint density at radius 3 is 2.22 bits per heavy atom. The highest BCUT2D eigenvalue weighted by Crippen LogP contribution is 2.17. The first-order valence-corrected chi connectivity index (χ1v) is 10.4. The van der Waals surface area contributed by atoms with Crippen molar-refractivity contribution < 1.29 is 22.7 Å². The summed E-state index contributed by atoms with van der Waals surface area (Å²) < 4.78 is 45.9. The minimum absolute atomic E-state index is 0.0624. The Kier molecular flexibility index (Phi) is 6.75. The monoisotopic (exact) mass is 440 g/mol. The molecule has 4 nitrogen and oxygen atoms in total. The third-order valence-electron chi connectivity index (χ3n) is 5.51. The third kappa shape index (κ3) is 5.29. The van der Waals surface area contributed by atoms with Crippen LogP contribution >= 0.6 is 0 Å². The average Bonchev–Trinajstić information content (AvgIpc) is 2.82. The summed E-state index contributed by atoms with van der Waals surface area (Å²) in [6, 6.07) is 17.2. The Bertz CT molecular complexity index is 1060. The molecule has 4 rings (SSSR count). The SMILES string of the molecule is O=C(c1ccc(COc2ccc(F)cc2)cc1)N1CCN(Cc2cccc(F)c2F)CC1. The van der Waals surface area contributed by atoms with Crippen molar-refractivity contribution in [2.45, 2.75) is 13.2 Å². The zero-order chi connectivity index (χ0) is 22.5. The fourth-order valence-electron chi connectivity index (χ4n) is 3.64. The number of nitrogens with zero attached hydrogens (tertiary/aromatic N) is 2. The maximum atomic E-state index is 13.9. The van der Waals surface area contributed by atoms with Crippen LogP contribution in [-0.2, 0) is 13.2 Å². The molecule has 3 aromatic carbocycles. The smallest absolute Gasteiger partial charge is 0.253 e. The number of amides is 1. The summed E-state index contributed by atoms with van der Waals surface area (Å²) in [4.78, 5) is 16.6. The second-order valence-corrected chi connectivity index (χ2v) is 7.72. The molecule has 1 saturated heterocycles. The van der Waals surface area contributed by atoms with E-state index in [1.807, 2.05) is 17.0 Å². The predicted octanol–water partition coefficient (Wildman–Crippen LogP) is 4.64. The second-order valence-electron chi connectivity index (χ2n) is 7.72. The summed E-state index contributed by atoms with van der Waals surface area (Å²) in [5, 5.41) is 0. The van der Waals surface area contributed by atoms with E-state index in [0.717, 1.165) is 11.6 Å². The molecule has 0 atom stereocenters. The summed E-state index contributed by atoms with van der Waals surface area (Å²) >= 11 is 0. The molecule has 0 unspecified atom stereocenters. The Morgan fingerprint density at radius 1 is 0.844 bits per heavy atom. The number of hydrogen-bond acceptors (Lipinski definition) is 3. The van der Waals surface area contributed by atoms with Gasteiger partial charge in [0.2, 0.25) is 0 Å². The minimum atomic E-state index is -0.845. The van der Waals surface area contributed by atoms with Gasteiger partial charge in [0.25, 0.3) is 5.91 Å². The summed E-state index contributed by atoms with van der Waals surface area (Å²) in [6.45, 7) is 2.84. The molecule has 166 valence electrons. The molecule has 32 heavy (non-hydrogen) atoms. The van der Waals surface area contributed by atoms with Gasteiger partial charge in [0.1, 0.15) is 18.2 Å². The van der Waals surface area contributed by atoms with E-state index in [2.05, 4.69) is 0 Å². The van der Waals surface area contributed by atoms with Crippen molar-refractivity contribution >= 4 is 5.91 Å². The van der Waals surface area contributed by atoms with Gasteiger partial charge < -0.3 is 9.64 Å².